The Morgan fingerprint density at radius 1 is 0.885 bits per heavy atom. The molecule has 1 heterocycles. The summed E-state index contributed by atoms with van der Waals surface area (Å²) in [6.45, 7) is 12.8. The summed E-state index contributed by atoms with van der Waals surface area (Å²) in [5.74, 6) is 1.80. The molecule has 1 aliphatic rings. The third-order valence-corrected chi connectivity index (χ3v) is 5.01. The van der Waals surface area contributed by atoms with Crippen LogP contribution in [0.5, 0.6) is 0 Å². The molecule has 156 valence electrons. The topological polar surface area (TPSA) is 42.9 Å². The second kappa shape index (κ2) is 17.0. The van der Waals surface area contributed by atoms with Crippen LogP contribution in [0.3, 0.4) is 0 Å². The van der Waals surface area contributed by atoms with Crippen molar-refractivity contribution in [3.8, 4) is 0 Å². The highest BCUT2D eigenvalue weighted by Crippen LogP contribution is 2.08. The molecule has 0 unspecified atom stereocenters. The van der Waals surface area contributed by atoms with Gasteiger partial charge in [-0.2, -0.15) is 0 Å². The van der Waals surface area contributed by atoms with E-state index in [1.807, 2.05) is 7.05 Å². The molecule has 2 N–H and O–H groups in total. The Morgan fingerprint density at radius 2 is 1.46 bits per heavy atom. The molecular formula is C20H44IN5. The number of hydrogen-bond donors (Lipinski definition) is 2. The molecular weight excluding hydrogens is 437 g/mol. The van der Waals surface area contributed by atoms with Crippen molar-refractivity contribution in [3.63, 3.8) is 0 Å². The lowest BCUT2D eigenvalue weighted by Gasteiger charge is -2.32. The van der Waals surface area contributed by atoms with E-state index in [-0.39, 0.29) is 24.0 Å². The summed E-state index contributed by atoms with van der Waals surface area (Å²) >= 11 is 0. The van der Waals surface area contributed by atoms with Gasteiger partial charge in [0.1, 0.15) is 0 Å². The predicted molar refractivity (Wildman–Crippen MR) is 126 cm³/mol. The summed E-state index contributed by atoms with van der Waals surface area (Å²) in [5.41, 5.74) is 0. The van der Waals surface area contributed by atoms with Crippen molar-refractivity contribution in [2.75, 3.05) is 59.9 Å². The fourth-order valence-corrected chi connectivity index (χ4v) is 3.20. The highest BCUT2D eigenvalue weighted by molar-refractivity contribution is 14.0. The monoisotopic (exact) mass is 481 g/mol. The van der Waals surface area contributed by atoms with Gasteiger partial charge in [0.2, 0.25) is 0 Å². The zero-order chi connectivity index (χ0) is 18.3. The van der Waals surface area contributed by atoms with Crippen LogP contribution in [0.25, 0.3) is 0 Å². The molecule has 0 aromatic carbocycles. The molecule has 0 spiro atoms. The van der Waals surface area contributed by atoms with Gasteiger partial charge in [0.25, 0.3) is 0 Å². The number of likely N-dealkylation sites (N-methyl/N-ethyl adjacent to an activating group) is 1. The first-order valence-electron chi connectivity index (χ1n) is 10.5. The van der Waals surface area contributed by atoms with Gasteiger partial charge in [-0.1, -0.05) is 39.5 Å². The molecule has 26 heavy (non-hydrogen) atoms. The second-order valence-electron chi connectivity index (χ2n) is 7.87. The third kappa shape index (κ3) is 14.0. The lowest BCUT2D eigenvalue weighted by molar-refractivity contribution is 0.152. The van der Waals surface area contributed by atoms with E-state index in [2.05, 4.69) is 46.3 Å². The molecule has 1 fully saturated rings. The van der Waals surface area contributed by atoms with Gasteiger partial charge in [0.15, 0.2) is 5.96 Å². The second-order valence-corrected chi connectivity index (χ2v) is 7.87. The minimum atomic E-state index is 0. The molecule has 1 aliphatic heterocycles. The molecule has 0 bridgehead atoms. The summed E-state index contributed by atoms with van der Waals surface area (Å²) in [4.78, 5) is 9.32. The summed E-state index contributed by atoms with van der Waals surface area (Å²) in [6.07, 6.45) is 9.14. The Hall–Kier alpha value is -0.0800. The standard InChI is InChI=1S/C20H43N5.HI/c1-19(2)11-7-5-6-8-12-22-20(21-3)23-13-9-10-14-25-17-15-24(4)16-18-25;/h19H,5-18H2,1-4H3,(H2,21,22,23);1H. The molecule has 0 atom stereocenters. The summed E-state index contributed by atoms with van der Waals surface area (Å²) in [5, 5.41) is 6.88. The van der Waals surface area contributed by atoms with E-state index >= 15 is 0 Å². The molecule has 0 aromatic heterocycles. The average Bonchev–Trinajstić information content (AvgIpc) is 2.60. The van der Waals surface area contributed by atoms with Crippen LogP contribution < -0.4 is 10.6 Å². The SMILES string of the molecule is CN=C(NCCCCCCC(C)C)NCCCCN1CCN(C)CC1.I. The van der Waals surface area contributed by atoms with Crippen LogP contribution >= 0.6 is 24.0 Å². The van der Waals surface area contributed by atoms with Gasteiger partial charge in [-0.3, -0.25) is 4.99 Å². The molecule has 6 heteroatoms. The number of piperazine rings is 1. The number of guanidine groups is 1. The van der Waals surface area contributed by atoms with Crippen molar-refractivity contribution in [2.24, 2.45) is 10.9 Å². The first kappa shape index (κ1) is 25.9. The Bertz CT molecular complexity index is 341. The number of nitrogens with zero attached hydrogens (tertiary/aromatic N) is 3. The van der Waals surface area contributed by atoms with E-state index in [9.17, 15) is 0 Å². The van der Waals surface area contributed by atoms with Gasteiger partial charge >= 0.3 is 0 Å². The van der Waals surface area contributed by atoms with Crippen molar-refractivity contribution >= 4 is 29.9 Å². The highest BCUT2D eigenvalue weighted by atomic mass is 127. The van der Waals surface area contributed by atoms with Crippen LogP contribution in [0.15, 0.2) is 4.99 Å². The van der Waals surface area contributed by atoms with Crippen molar-refractivity contribution in [1.82, 2.24) is 20.4 Å². The lowest BCUT2D eigenvalue weighted by Crippen LogP contribution is -2.44. The summed E-state index contributed by atoms with van der Waals surface area (Å²) < 4.78 is 0. The number of unbranched alkanes of at least 4 members (excludes halogenated alkanes) is 4. The highest BCUT2D eigenvalue weighted by Gasteiger charge is 2.12. The molecule has 5 nitrogen and oxygen atoms in total. The van der Waals surface area contributed by atoms with Gasteiger partial charge in [-0.25, -0.2) is 0 Å². The van der Waals surface area contributed by atoms with Crippen LogP contribution in [-0.4, -0.2) is 75.7 Å². The van der Waals surface area contributed by atoms with Gasteiger partial charge in [0, 0.05) is 46.3 Å². The van der Waals surface area contributed by atoms with Gasteiger partial charge in [-0.15, -0.1) is 24.0 Å². The zero-order valence-corrected chi connectivity index (χ0v) is 20.1. The lowest BCUT2D eigenvalue weighted by atomic mass is 10.0. The van der Waals surface area contributed by atoms with E-state index in [1.165, 1.54) is 77.7 Å². The minimum Gasteiger partial charge on any atom is -0.356 e. The van der Waals surface area contributed by atoms with Gasteiger partial charge in [-0.05, 0) is 38.8 Å². The maximum Gasteiger partial charge on any atom is 0.190 e. The van der Waals surface area contributed by atoms with Crippen molar-refractivity contribution in [2.45, 2.75) is 58.8 Å². The number of aliphatic imine (C=N–C) groups is 1. The molecule has 0 radical (unpaired) electrons. The Balaban J connectivity index is 0.00000625. The molecule has 1 saturated heterocycles. The van der Waals surface area contributed by atoms with E-state index in [0.717, 1.165) is 25.0 Å². The van der Waals surface area contributed by atoms with Crippen molar-refractivity contribution < 1.29 is 0 Å². The van der Waals surface area contributed by atoms with E-state index in [1.54, 1.807) is 0 Å². The normalized spacial score (nSPS) is 16.6. The molecule has 0 aliphatic carbocycles. The zero-order valence-electron chi connectivity index (χ0n) is 17.7. The Kier molecular flexibility index (Phi) is 17.0. The molecule has 0 saturated carbocycles. The smallest absolute Gasteiger partial charge is 0.190 e. The Morgan fingerprint density at radius 3 is 2.04 bits per heavy atom. The summed E-state index contributed by atoms with van der Waals surface area (Å²) in [7, 11) is 4.08. The first-order chi connectivity index (χ1) is 12.1. The van der Waals surface area contributed by atoms with Crippen LogP contribution in [0, 0.1) is 5.92 Å². The number of halogens is 1. The van der Waals surface area contributed by atoms with Crippen molar-refractivity contribution in [1.29, 1.82) is 0 Å². The molecule has 1 rings (SSSR count). The average molecular weight is 482 g/mol. The van der Waals surface area contributed by atoms with E-state index in [4.69, 9.17) is 0 Å². The van der Waals surface area contributed by atoms with Crippen LogP contribution in [0.1, 0.15) is 58.8 Å². The van der Waals surface area contributed by atoms with Crippen LogP contribution in [-0.2, 0) is 0 Å². The quantitative estimate of drug-likeness (QED) is 0.194. The van der Waals surface area contributed by atoms with E-state index in [0.29, 0.717) is 0 Å². The number of hydrogen-bond acceptors (Lipinski definition) is 3. The number of rotatable bonds is 12. The van der Waals surface area contributed by atoms with Crippen molar-refractivity contribution in [3.05, 3.63) is 0 Å². The minimum absolute atomic E-state index is 0. The fourth-order valence-electron chi connectivity index (χ4n) is 3.20. The Labute approximate surface area is 179 Å². The van der Waals surface area contributed by atoms with Crippen LogP contribution in [0.4, 0.5) is 0 Å². The predicted octanol–water partition coefficient (Wildman–Crippen LogP) is 3.40. The molecule has 0 aromatic rings. The first-order valence-corrected chi connectivity index (χ1v) is 10.5. The summed E-state index contributed by atoms with van der Waals surface area (Å²) in [6, 6.07) is 0. The largest absolute Gasteiger partial charge is 0.356 e. The number of nitrogens with one attached hydrogen (secondary N) is 2. The third-order valence-electron chi connectivity index (χ3n) is 5.01. The van der Waals surface area contributed by atoms with E-state index < -0.39 is 0 Å². The maximum atomic E-state index is 4.32. The maximum absolute atomic E-state index is 4.32. The fraction of sp³-hybridized carbons (Fsp3) is 0.950. The van der Waals surface area contributed by atoms with Crippen LogP contribution in [0.2, 0.25) is 0 Å². The van der Waals surface area contributed by atoms with Gasteiger partial charge in [0.05, 0.1) is 0 Å². The van der Waals surface area contributed by atoms with Gasteiger partial charge < -0.3 is 20.4 Å². The molecule has 0 amide bonds.